The third-order valence-electron chi connectivity index (χ3n) is 3.86. The number of sulfonamides is 1. The van der Waals surface area contributed by atoms with Gasteiger partial charge in [0.15, 0.2) is 0 Å². The summed E-state index contributed by atoms with van der Waals surface area (Å²) in [5.74, 6) is 0. The normalized spacial score (nSPS) is 22.0. The van der Waals surface area contributed by atoms with Crippen LogP contribution in [0.5, 0.6) is 0 Å². The van der Waals surface area contributed by atoms with Gasteiger partial charge >= 0.3 is 6.18 Å². The minimum Gasteiger partial charge on any atom is -0.383 e. The van der Waals surface area contributed by atoms with Gasteiger partial charge in [-0.1, -0.05) is 11.6 Å². The molecule has 1 aliphatic heterocycles. The molecule has 1 fully saturated rings. The lowest BCUT2D eigenvalue weighted by atomic mass is 9.99. The molecule has 1 unspecified atom stereocenters. The average molecular weight is 387 g/mol. The van der Waals surface area contributed by atoms with E-state index in [4.69, 9.17) is 16.3 Å². The van der Waals surface area contributed by atoms with Gasteiger partial charge in [0.2, 0.25) is 10.0 Å². The van der Waals surface area contributed by atoms with Gasteiger partial charge in [0.25, 0.3) is 0 Å². The minimum atomic E-state index is -4.68. The van der Waals surface area contributed by atoms with Gasteiger partial charge in [0.05, 0.1) is 22.6 Å². The van der Waals surface area contributed by atoms with Crippen molar-refractivity contribution in [2.75, 3.05) is 26.8 Å². The van der Waals surface area contributed by atoms with Crippen LogP contribution in [-0.2, 0) is 20.9 Å². The molecule has 136 valence electrons. The number of halogens is 4. The van der Waals surface area contributed by atoms with E-state index in [1.807, 2.05) is 0 Å². The molecule has 10 heteroatoms. The quantitative estimate of drug-likeness (QED) is 0.788. The molecular weight excluding hydrogens is 369 g/mol. The molecule has 2 N–H and O–H groups in total. The van der Waals surface area contributed by atoms with Crippen molar-refractivity contribution in [2.45, 2.75) is 29.5 Å². The lowest BCUT2D eigenvalue weighted by Gasteiger charge is -2.28. The summed E-state index contributed by atoms with van der Waals surface area (Å²) in [5.41, 5.74) is -1.67. The van der Waals surface area contributed by atoms with Gasteiger partial charge in [-0.05, 0) is 37.6 Å². The van der Waals surface area contributed by atoms with E-state index in [0.717, 1.165) is 19.0 Å². The molecule has 0 radical (unpaired) electrons. The maximum Gasteiger partial charge on any atom is 0.416 e. The number of hydrogen-bond donors (Lipinski definition) is 2. The molecule has 2 rings (SSSR count). The van der Waals surface area contributed by atoms with E-state index in [2.05, 4.69) is 10.0 Å². The first-order valence-electron chi connectivity index (χ1n) is 7.19. The van der Waals surface area contributed by atoms with Crippen molar-refractivity contribution in [3.63, 3.8) is 0 Å². The molecule has 0 amide bonds. The van der Waals surface area contributed by atoms with Gasteiger partial charge in [-0.15, -0.1) is 0 Å². The number of benzene rings is 1. The molecule has 1 aliphatic rings. The molecular formula is C14H18ClF3N2O3S. The highest BCUT2D eigenvalue weighted by Gasteiger charge is 2.36. The van der Waals surface area contributed by atoms with E-state index in [0.29, 0.717) is 25.2 Å². The molecule has 0 aliphatic carbocycles. The van der Waals surface area contributed by atoms with Gasteiger partial charge in [-0.25, -0.2) is 13.1 Å². The summed E-state index contributed by atoms with van der Waals surface area (Å²) in [6.45, 7) is 1.02. The zero-order chi connectivity index (χ0) is 18.0. The van der Waals surface area contributed by atoms with Gasteiger partial charge in [0.1, 0.15) is 0 Å². The molecule has 5 nitrogen and oxygen atoms in total. The molecule has 1 atom stereocenters. The Balaban J connectivity index is 2.23. The SMILES string of the molecule is COCC1(CNS(=O)(=O)c2cc(Cl)cc(C(F)(F)F)c2)CCCN1. The Morgan fingerprint density at radius 1 is 1.38 bits per heavy atom. The largest absolute Gasteiger partial charge is 0.416 e. The number of nitrogens with one attached hydrogen (secondary N) is 2. The molecule has 0 bridgehead atoms. The highest BCUT2D eigenvalue weighted by Crippen LogP contribution is 2.33. The van der Waals surface area contributed by atoms with Crippen molar-refractivity contribution in [3.8, 4) is 0 Å². The summed E-state index contributed by atoms with van der Waals surface area (Å²) in [6.07, 6.45) is -3.12. The Kier molecular flexibility index (Phi) is 5.81. The summed E-state index contributed by atoms with van der Waals surface area (Å²) in [4.78, 5) is -0.520. The molecule has 1 heterocycles. The van der Waals surface area contributed by atoms with Crippen LogP contribution >= 0.6 is 11.6 Å². The summed E-state index contributed by atoms with van der Waals surface area (Å²) in [5, 5.41) is 2.89. The van der Waals surface area contributed by atoms with E-state index in [-0.39, 0.29) is 11.6 Å². The van der Waals surface area contributed by atoms with E-state index >= 15 is 0 Å². The summed E-state index contributed by atoms with van der Waals surface area (Å²) >= 11 is 5.64. The number of ether oxygens (including phenoxy) is 1. The maximum absolute atomic E-state index is 12.8. The topological polar surface area (TPSA) is 67.4 Å². The van der Waals surface area contributed by atoms with Crippen molar-refractivity contribution >= 4 is 21.6 Å². The van der Waals surface area contributed by atoms with Crippen molar-refractivity contribution in [1.29, 1.82) is 0 Å². The summed E-state index contributed by atoms with van der Waals surface area (Å²) < 4.78 is 70.7. The maximum atomic E-state index is 12.8. The number of methoxy groups -OCH3 is 1. The minimum absolute atomic E-state index is 0.0110. The first-order valence-corrected chi connectivity index (χ1v) is 9.06. The lowest BCUT2D eigenvalue weighted by molar-refractivity contribution is -0.137. The lowest BCUT2D eigenvalue weighted by Crippen LogP contribution is -2.52. The predicted molar refractivity (Wildman–Crippen MR) is 83.5 cm³/mol. The van der Waals surface area contributed by atoms with Crippen LogP contribution in [0.25, 0.3) is 0 Å². The average Bonchev–Trinajstić information content (AvgIpc) is 2.93. The standard InChI is InChI=1S/C14H18ClF3N2O3S/c1-23-9-13(3-2-4-19-13)8-20-24(21,22)12-6-10(14(16,17)18)5-11(15)7-12/h5-7,19-20H,2-4,8-9H2,1H3. The Labute approximate surface area is 143 Å². The summed E-state index contributed by atoms with van der Waals surface area (Å²) in [7, 11) is -2.64. The zero-order valence-corrected chi connectivity index (χ0v) is 14.5. The Morgan fingerprint density at radius 2 is 2.08 bits per heavy atom. The van der Waals surface area contributed by atoms with E-state index in [1.54, 1.807) is 0 Å². The third-order valence-corrected chi connectivity index (χ3v) is 5.46. The second kappa shape index (κ2) is 7.17. The van der Waals surface area contributed by atoms with E-state index in [9.17, 15) is 21.6 Å². The van der Waals surface area contributed by atoms with Crippen LogP contribution in [0.15, 0.2) is 23.1 Å². The highest BCUT2D eigenvalue weighted by atomic mass is 35.5. The molecule has 0 aromatic heterocycles. The fourth-order valence-electron chi connectivity index (χ4n) is 2.67. The Bertz CT molecular complexity index is 689. The van der Waals surface area contributed by atoms with Gasteiger partial charge in [0, 0.05) is 18.7 Å². The second-order valence-corrected chi connectivity index (χ2v) is 7.94. The number of hydrogen-bond acceptors (Lipinski definition) is 4. The van der Waals surface area contributed by atoms with E-state index < -0.39 is 32.2 Å². The fourth-order valence-corrected chi connectivity index (χ4v) is 4.17. The van der Waals surface area contributed by atoms with Crippen molar-refractivity contribution in [2.24, 2.45) is 0 Å². The van der Waals surface area contributed by atoms with Crippen molar-refractivity contribution < 1.29 is 26.3 Å². The Hall–Kier alpha value is -0.870. The van der Waals surface area contributed by atoms with Gasteiger partial charge in [-0.3, -0.25) is 0 Å². The van der Waals surface area contributed by atoms with Crippen LogP contribution in [0.3, 0.4) is 0 Å². The van der Waals surface area contributed by atoms with Crippen LogP contribution in [0.2, 0.25) is 5.02 Å². The smallest absolute Gasteiger partial charge is 0.383 e. The second-order valence-electron chi connectivity index (χ2n) is 5.74. The fraction of sp³-hybridized carbons (Fsp3) is 0.571. The van der Waals surface area contributed by atoms with Crippen molar-refractivity contribution in [3.05, 3.63) is 28.8 Å². The van der Waals surface area contributed by atoms with Crippen molar-refractivity contribution in [1.82, 2.24) is 10.0 Å². The molecule has 1 aromatic carbocycles. The monoisotopic (exact) mass is 386 g/mol. The van der Waals surface area contributed by atoms with Crippen LogP contribution in [0.4, 0.5) is 13.2 Å². The highest BCUT2D eigenvalue weighted by molar-refractivity contribution is 7.89. The van der Waals surface area contributed by atoms with Gasteiger partial charge in [-0.2, -0.15) is 13.2 Å². The first kappa shape index (κ1) is 19.5. The number of rotatable bonds is 6. The third kappa shape index (κ3) is 4.60. The molecule has 1 saturated heterocycles. The predicted octanol–water partition coefficient (Wildman–Crippen LogP) is 2.41. The molecule has 24 heavy (non-hydrogen) atoms. The van der Waals surface area contributed by atoms with Gasteiger partial charge < -0.3 is 10.1 Å². The first-order chi connectivity index (χ1) is 11.1. The molecule has 1 aromatic rings. The Morgan fingerprint density at radius 3 is 2.62 bits per heavy atom. The van der Waals surface area contributed by atoms with E-state index in [1.165, 1.54) is 7.11 Å². The number of alkyl halides is 3. The summed E-state index contributed by atoms with van der Waals surface area (Å²) in [6, 6.07) is 2.25. The van der Waals surface area contributed by atoms with Crippen LogP contribution in [0.1, 0.15) is 18.4 Å². The van der Waals surface area contributed by atoms with Crippen LogP contribution in [-0.4, -0.2) is 40.8 Å². The zero-order valence-electron chi connectivity index (χ0n) is 12.9. The molecule has 0 saturated carbocycles. The van der Waals surface area contributed by atoms with Crippen LogP contribution in [0, 0.1) is 0 Å². The van der Waals surface area contributed by atoms with Crippen LogP contribution < -0.4 is 10.0 Å². The molecule has 0 spiro atoms.